The number of anilines is 2. The molecule has 3 atom stereocenters. The Kier molecular flexibility index (Phi) is 8.48. The number of hydrogen-bond acceptors (Lipinski definition) is 5. The van der Waals surface area contributed by atoms with Gasteiger partial charge < -0.3 is 25.0 Å². The van der Waals surface area contributed by atoms with Gasteiger partial charge in [-0.15, -0.1) is 0 Å². The maximum absolute atomic E-state index is 13.5. The summed E-state index contributed by atoms with van der Waals surface area (Å²) in [5, 5.41) is 5.62. The van der Waals surface area contributed by atoms with Gasteiger partial charge in [0.25, 0.3) is 5.91 Å². The van der Waals surface area contributed by atoms with E-state index in [1.165, 1.54) is 12.8 Å². The molecule has 1 aliphatic carbocycles. The minimum absolute atomic E-state index is 0.0883. The van der Waals surface area contributed by atoms with Crippen molar-refractivity contribution < 1.29 is 19.1 Å². The fourth-order valence-electron chi connectivity index (χ4n) is 4.63. The number of para-hydroxylation sites is 1. The number of urea groups is 1. The zero-order chi connectivity index (χ0) is 25.7. The van der Waals surface area contributed by atoms with Gasteiger partial charge in [-0.25, -0.2) is 4.79 Å². The van der Waals surface area contributed by atoms with Gasteiger partial charge in [0.15, 0.2) is 0 Å². The van der Waals surface area contributed by atoms with Gasteiger partial charge >= 0.3 is 6.03 Å². The highest BCUT2D eigenvalue weighted by molar-refractivity contribution is 6.02. The molecule has 2 aliphatic rings. The van der Waals surface area contributed by atoms with E-state index in [9.17, 15) is 9.59 Å². The molecule has 1 aliphatic heterocycles. The van der Waals surface area contributed by atoms with Crippen LogP contribution in [-0.4, -0.2) is 74.3 Å². The number of carbonyl (C=O) groups excluding carboxylic acids is 2. The van der Waals surface area contributed by atoms with Crippen molar-refractivity contribution in [3.8, 4) is 5.75 Å². The number of fused-ring (bicyclic) bond motifs is 1. The van der Waals surface area contributed by atoms with Crippen molar-refractivity contribution in [2.75, 3.05) is 51.0 Å². The Bertz CT molecular complexity index is 1040. The molecule has 0 bridgehead atoms. The van der Waals surface area contributed by atoms with E-state index in [1.54, 1.807) is 37.3 Å². The van der Waals surface area contributed by atoms with Gasteiger partial charge in [-0.3, -0.25) is 9.69 Å². The van der Waals surface area contributed by atoms with E-state index in [0.717, 1.165) is 19.0 Å². The van der Waals surface area contributed by atoms with Crippen LogP contribution in [0.15, 0.2) is 48.5 Å². The van der Waals surface area contributed by atoms with E-state index in [1.807, 2.05) is 30.3 Å². The molecular weight excluding hydrogens is 456 g/mol. The first-order chi connectivity index (χ1) is 17.3. The molecular formula is C28H38N4O4. The SMILES string of the molecule is CO[C@H]1CN(C)C(=O)c2cc(NC(=O)Nc3ccccc3)ccc2OC[C@H](C)N(CC2CC2)C[C@@H]1C. The summed E-state index contributed by atoms with van der Waals surface area (Å²) in [7, 11) is 3.49. The number of benzene rings is 2. The fraction of sp³-hybridized carbons (Fsp3) is 0.500. The number of nitrogens with one attached hydrogen (secondary N) is 2. The standard InChI is InChI=1S/C28H38N4O4/c1-19-15-32(16-21-10-11-21)20(2)18-36-25-13-12-23(30-28(34)29-22-8-6-5-7-9-22)14-24(25)27(33)31(3)17-26(19)35-4/h5-9,12-14,19-21,26H,10-11,15-18H2,1-4H3,(H2,29,30,34)/t19-,20-,26-/m0/s1. The predicted octanol–water partition coefficient (Wildman–Crippen LogP) is 4.55. The maximum atomic E-state index is 13.5. The lowest BCUT2D eigenvalue weighted by molar-refractivity contribution is 0.00994. The van der Waals surface area contributed by atoms with Crippen LogP contribution in [0.1, 0.15) is 37.0 Å². The largest absolute Gasteiger partial charge is 0.491 e. The van der Waals surface area contributed by atoms with Gasteiger partial charge in [-0.05, 0) is 61.9 Å². The first kappa shape index (κ1) is 26.0. The Hall–Kier alpha value is -3.10. The summed E-state index contributed by atoms with van der Waals surface area (Å²) in [6, 6.07) is 14.2. The Morgan fingerprint density at radius 3 is 2.47 bits per heavy atom. The minimum Gasteiger partial charge on any atom is -0.491 e. The first-order valence-corrected chi connectivity index (χ1v) is 12.8. The van der Waals surface area contributed by atoms with E-state index in [4.69, 9.17) is 9.47 Å². The number of carbonyl (C=O) groups is 2. The molecule has 1 heterocycles. The minimum atomic E-state index is -0.381. The molecule has 36 heavy (non-hydrogen) atoms. The monoisotopic (exact) mass is 494 g/mol. The molecule has 4 rings (SSSR count). The van der Waals surface area contributed by atoms with Crippen LogP contribution in [0.3, 0.4) is 0 Å². The third-order valence-corrected chi connectivity index (χ3v) is 7.05. The van der Waals surface area contributed by atoms with Crippen molar-refractivity contribution in [2.24, 2.45) is 11.8 Å². The van der Waals surface area contributed by atoms with Gasteiger partial charge in [0.2, 0.25) is 0 Å². The second-order valence-corrected chi connectivity index (χ2v) is 10.2. The highest BCUT2D eigenvalue weighted by Crippen LogP contribution is 2.32. The average molecular weight is 495 g/mol. The molecule has 1 saturated carbocycles. The third-order valence-electron chi connectivity index (χ3n) is 7.05. The van der Waals surface area contributed by atoms with E-state index >= 15 is 0 Å². The molecule has 3 amide bonds. The normalized spacial score (nSPS) is 23.6. The van der Waals surface area contributed by atoms with E-state index in [0.29, 0.717) is 35.8 Å². The second-order valence-electron chi connectivity index (χ2n) is 10.2. The number of ether oxygens (including phenoxy) is 2. The summed E-state index contributed by atoms with van der Waals surface area (Å²) in [5.74, 6) is 1.36. The zero-order valence-corrected chi connectivity index (χ0v) is 21.7. The molecule has 0 aromatic heterocycles. The van der Waals surface area contributed by atoms with Crippen molar-refractivity contribution in [1.29, 1.82) is 0 Å². The zero-order valence-electron chi connectivity index (χ0n) is 21.7. The Morgan fingerprint density at radius 1 is 1.06 bits per heavy atom. The Labute approximate surface area is 213 Å². The summed E-state index contributed by atoms with van der Waals surface area (Å²) in [4.78, 5) is 30.2. The molecule has 8 heteroatoms. The molecule has 2 aromatic rings. The second kappa shape index (κ2) is 11.8. The number of amides is 3. The molecule has 2 N–H and O–H groups in total. The lowest BCUT2D eigenvalue weighted by Crippen LogP contribution is -2.47. The van der Waals surface area contributed by atoms with E-state index < -0.39 is 0 Å². The lowest BCUT2D eigenvalue weighted by atomic mass is 10.0. The summed E-state index contributed by atoms with van der Waals surface area (Å²) in [6.07, 6.45) is 2.49. The number of likely N-dealkylation sites (N-methyl/N-ethyl adjacent to an activating group) is 1. The highest BCUT2D eigenvalue weighted by Gasteiger charge is 2.31. The molecule has 2 aromatic carbocycles. The maximum Gasteiger partial charge on any atom is 0.323 e. The van der Waals surface area contributed by atoms with Gasteiger partial charge in [0.05, 0.1) is 11.7 Å². The van der Waals surface area contributed by atoms with Gasteiger partial charge in [0.1, 0.15) is 12.4 Å². The molecule has 0 saturated heterocycles. The van der Waals surface area contributed by atoms with Crippen LogP contribution in [0.4, 0.5) is 16.2 Å². The van der Waals surface area contributed by atoms with Crippen molar-refractivity contribution in [1.82, 2.24) is 9.80 Å². The molecule has 8 nitrogen and oxygen atoms in total. The van der Waals surface area contributed by atoms with Gasteiger partial charge in [-0.1, -0.05) is 25.1 Å². The number of hydrogen-bond donors (Lipinski definition) is 2. The van der Waals surface area contributed by atoms with E-state index in [-0.39, 0.29) is 30.0 Å². The quantitative estimate of drug-likeness (QED) is 0.637. The summed E-state index contributed by atoms with van der Waals surface area (Å²) >= 11 is 0. The van der Waals surface area contributed by atoms with Gasteiger partial charge in [-0.2, -0.15) is 0 Å². The van der Waals surface area contributed by atoms with Crippen LogP contribution in [0, 0.1) is 11.8 Å². The molecule has 1 fully saturated rings. The summed E-state index contributed by atoms with van der Waals surface area (Å²) < 4.78 is 12.1. The summed E-state index contributed by atoms with van der Waals surface area (Å²) in [5.41, 5.74) is 1.61. The molecule has 0 unspecified atom stereocenters. The van der Waals surface area contributed by atoms with Gasteiger partial charge in [0, 0.05) is 51.2 Å². The number of nitrogens with zero attached hydrogens (tertiary/aromatic N) is 2. The van der Waals surface area contributed by atoms with Crippen molar-refractivity contribution in [3.05, 3.63) is 54.1 Å². The fourth-order valence-corrected chi connectivity index (χ4v) is 4.63. The van der Waals surface area contributed by atoms with Crippen LogP contribution >= 0.6 is 0 Å². The topological polar surface area (TPSA) is 83.1 Å². The number of methoxy groups -OCH3 is 1. The van der Waals surface area contributed by atoms with Crippen molar-refractivity contribution >= 4 is 23.3 Å². The molecule has 0 spiro atoms. The van der Waals surface area contributed by atoms with Crippen molar-refractivity contribution in [2.45, 2.75) is 38.8 Å². The Balaban J connectivity index is 1.56. The highest BCUT2D eigenvalue weighted by atomic mass is 16.5. The lowest BCUT2D eigenvalue weighted by Gasteiger charge is -2.36. The Morgan fingerprint density at radius 2 is 1.78 bits per heavy atom. The molecule has 194 valence electrons. The van der Waals surface area contributed by atoms with Crippen LogP contribution in [0.25, 0.3) is 0 Å². The summed E-state index contributed by atoms with van der Waals surface area (Å²) in [6.45, 7) is 7.27. The first-order valence-electron chi connectivity index (χ1n) is 12.8. The smallest absolute Gasteiger partial charge is 0.323 e. The number of rotatable bonds is 5. The van der Waals surface area contributed by atoms with Crippen molar-refractivity contribution in [3.63, 3.8) is 0 Å². The van der Waals surface area contributed by atoms with E-state index in [2.05, 4.69) is 29.4 Å². The van der Waals surface area contributed by atoms with Crippen LogP contribution < -0.4 is 15.4 Å². The van der Waals surface area contributed by atoms with Crippen LogP contribution in [0.2, 0.25) is 0 Å². The third kappa shape index (κ3) is 6.77. The molecule has 0 radical (unpaired) electrons. The average Bonchev–Trinajstić information content (AvgIpc) is 3.69. The van der Waals surface area contributed by atoms with Crippen LogP contribution in [-0.2, 0) is 4.74 Å². The van der Waals surface area contributed by atoms with Crippen LogP contribution in [0.5, 0.6) is 5.75 Å². The predicted molar refractivity (Wildman–Crippen MR) is 142 cm³/mol.